The summed E-state index contributed by atoms with van der Waals surface area (Å²) in [5, 5.41) is 0. The molecule has 0 N–H and O–H groups in total. The summed E-state index contributed by atoms with van der Waals surface area (Å²) in [7, 11) is 2.02. The van der Waals surface area contributed by atoms with Crippen molar-refractivity contribution in [3.63, 3.8) is 0 Å². The summed E-state index contributed by atoms with van der Waals surface area (Å²) in [6.45, 7) is 3.18. The molecule has 0 aliphatic carbocycles. The quantitative estimate of drug-likeness (QED) is 0.504. The van der Waals surface area contributed by atoms with E-state index in [1.54, 1.807) is 0 Å². The fourth-order valence-electron chi connectivity index (χ4n) is 0.689. The summed E-state index contributed by atoms with van der Waals surface area (Å²) in [5.41, 5.74) is 0. The summed E-state index contributed by atoms with van der Waals surface area (Å²) in [6, 6.07) is 0. The van der Waals surface area contributed by atoms with Gasteiger partial charge in [0.25, 0.3) is 0 Å². The number of hydrogen-bond donors (Lipinski definition) is 0. The Bertz CT molecular complexity index is 181. The summed E-state index contributed by atoms with van der Waals surface area (Å²) in [4.78, 5) is 0. The van der Waals surface area contributed by atoms with Gasteiger partial charge in [0.05, 0.1) is 13.6 Å². The van der Waals surface area contributed by atoms with Gasteiger partial charge in [-0.25, -0.2) is 9.13 Å². The van der Waals surface area contributed by atoms with Gasteiger partial charge in [0.15, 0.2) is 17.4 Å². The van der Waals surface area contributed by atoms with Gasteiger partial charge in [-0.1, -0.05) is 0 Å². The summed E-state index contributed by atoms with van der Waals surface area (Å²) >= 11 is 0. The second-order valence-electron chi connectivity index (χ2n) is 1.91. The molecule has 1 aromatic heterocycles. The zero-order valence-corrected chi connectivity index (χ0v) is 9.01. The minimum absolute atomic E-state index is 0. The molecule has 0 aromatic carbocycles. The summed E-state index contributed by atoms with van der Waals surface area (Å²) in [6.07, 6.45) is 6.14. The largest absolute Gasteiger partial charge is 0.243 e. The van der Waals surface area contributed by atoms with E-state index in [0.29, 0.717) is 0 Å². The van der Waals surface area contributed by atoms with Crippen LogP contribution in [0.15, 0.2) is 18.7 Å². The van der Waals surface area contributed by atoms with Crippen molar-refractivity contribution in [1.82, 2.24) is 4.57 Å². The fraction of sp³-hybridized carbons (Fsp3) is 0.500. The molecule has 0 aliphatic rings. The molecule has 1 rings (SSSR count). The zero-order valence-electron chi connectivity index (χ0n) is 6.56. The molecule has 0 unspecified atom stereocenters. The maximum atomic E-state index is 2.12. The highest BCUT2D eigenvalue weighted by atomic mass is 35.5. The summed E-state index contributed by atoms with van der Waals surface area (Å²) < 4.78 is 4.16. The van der Waals surface area contributed by atoms with E-state index in [1.165, 1.54) is 0 Å². The first-order valence-electron chi connectivity index (χ1n) is 2.84. The lowest BCUT2D eigenvalue weighted by atomic mass is 10.7. The lowest BCUT2D eigenvalue weighted by molar-refractivity contribution is -0.693. The van der Waals surface area contributed by atoms with Crippen LogP contribution < -0.4 is 4.57 Å². The highest BCUT2D eigenvalue weighted by Gasteiger charge is 1.92. The van der Waals surface area contributed by atoms with E-state index >= 15 is 0 Å². The van der Waals surface area contributed by atoms with Gasteiger partial charge < -0.3 is 0 Å². The molecular formula is C6H17AlCl3N2+. The number of rotatable bonds is 1. The molecule has 1 heterocycles. The van der Waals surface area contributed by atoms with Crippen LogP contribution in [-0.2, 0) is 13.6 Å². The van der Waals surface area contributed by atoms with E-state index in [2.05, 4.69) is 24.0 Å². The van der Waals surface area contributed by atoms with Gasteiger partial charge >= 0.3 is 0 Å². The standard InChI is InChI=1S/C6H11N2.Al.3ClH.3H/c1-3-8-5-4-7(2)6-8;;;;;;;/h4-6H,3H2,1-2H3;;3*1H;;;/q+1;;;;;;;. The van der Waals surface area contributed by atoms with Crippen LogP contribution in [-0.4, -0.2) is 21.9 Å². The molecule has 1 aromatic rings. The van der Waals surface area contributed by atoms with Gasteiger partial charge in [0.2, 0.25) is 6.33 Å². The van der Waals surface area contributed by atoms with Gasteiger partial charge in [-0.05, 0) is 6.92 Å². The first-order valence-corrected chi connectivity index (χ1v) is 2.84. The normalized spacial score (nSPS) is 6.50. The third kappa shape index (κ3) is 7.27. The third-order valence-corrected chi connectivity index (χ3v) is 1.19. The van der Waals surface area contributed by atoms with Gasteiger partial charge in [-0.3, -0.25) is 0 Å². The second kappa shape index (κ2) is 11.6. The van der Waals surface area contributed by atoms with Crippen molar-refractivity contribution in [2.24, 2.45) is 7.05 Å². The van der Waals surface area contributed by atoms with Crippen LogP contribution in [0.3, 0.4) is 0 Å². The van der Waals surface area contributed by atoms with Gasteiger partial charge in [0, 0.05) is 0 Å². The zero-order chi connectivity index (χ0) is 5.98. The first kappa shape index (κ1) is 22.9. The molecule has 0 fully saturated rings. The Morgan fingerprint density at radius 1 is 1.25 bits per heavy atom. The van der Waals surface area contributed by atoms with Crippen molar-refractivity contribution in [2.45, 2.75) is 13.5 Å². The monoisotopic (exact) mass is 249 g/mol. The van der Waals surface area contributed by atoms with Crippen LogP contribution in [0.1, 0.15) is 6.92 Å². The van der Waals surface area contributed by atoms with Crippen LogP contribution in [0.2, 0.25) is 0 Å². The highest BCUT2D eigenvalue weighted by Crippen LogP contribution is 1.74. The molecule has 0 atom stereocenters. The van der Waals surface area contributed by atoms with E-state index in [-0.39, 0.29) is 54.6 Å². The van der Waals surface area contributed by atoms with Crippen LogP contribution >= 0.6 is 37.2 Å². The number of imidazole rings is 1. The molecule has 0 amide bonds. The number of nitrogens with zero attached hydrogens (tertiary/aromatic N) is 2. The van der Waals surface area contributed by atoms with Gasteiger partial charge in [-0.15, -0.1) is 37.2 Å². The average Bonchev–Trinajstić information content (AvgIpc) is 2.14. The molecule has 0 spiro atoms. The van der Waals surface area contributed by atoms with Crippen molar-refractivity contribution in [2.75, 3.05) is 0 Å². The minimum Gasteiger partial charge on any atom is -0.240 e. The van der Waals surface area contributed by atoms with E-state index < -0.39 is 0 Å². The minimum atomic E-state index is 0. The van der Waals surface area contributed by atoms with Crippen LogP contribution in [0.4, 0.5) is 0 Å². The Labute approximate surface area is 103 Å². The average molecular weight is 251 g/mol. The Kier molecular flexibility index (Phi) is 22.2. The molecule has 0 saturated heterocycles. The van der Waals surface area contributed by atoms with Crippen molar-refractivity contribution < 1.29 is 4.57 Å². The lowest BCUT2D eigenvalue weighted by Crippen LogP contribution is -2.28. The van der Waals surface area contributed by atoms with Crippen molar-refractivity contribution in [1.29, 1.82) is 0 Å². The predicted octanol–water partition coefficient (Wildman–Crippen LogP) is 0.414. The van der Waals surface area contributed by atoms with Gasteiger partial charge in [-0.2, -0.15) is 0 Å². The Morgan fingerprint density at radius 3 is 1.92 bits per heavy atom. The maximum absolute atomic E-state index is 2.12. The number of halogens is 3. The first-order chi connectivity index (χ1) is 3.83. The Balaban J connectivity index is -0.0000000800. The second-order valence-corrected chi connectivity index (χ2v) is 1.91. The lowest BCUT2D eigenvalue weighted by Gasteiger charge is -1.81. The molecule has 74 valence electrons. The molecule has 2 nitrogen and oxygen atoms in total. The van der Waals surface area contributed by atoms with E-state index in [9.17, 15) is 0 Å². The Hall–Kier alpha value is 0.612. The topological polar surface area (TPSA) is 8.81 Å². The van der Waals surface area contributed by atoms with Crippen LogP contribution in [0.25, 0.3) is 0 Å². The molecule has 0 saturated carbocycles. The van der Waals surface area contributed by atoms with E-state index in [0.717, 1.165) is 6.54 Å². The fourth-order valence-corrected chi connectivity index (χ4v) is 0.689. The smallest absolute Gasteiger partial charge is 0.240 e. The van der Waals surface area contributed by atoms with Crippen LogP contribution in [0, 0.1) is 0 Å². The van der Waals surface area contributed by atoms with Crippen LogP contribution in [0.5, 0.6) is 0 Å². The van der Waals surface area contributed by atoms with E-state index in [4.69, 9.17) is 0 Å². The molecule has 0 bridgehead atoms. The van der Waals surface area contributed by atoms with E-state index in [1.807, 2.05) is 17.8 Å². The highest BCUT2D eigenvalue weighted by molar-refractivity contribution is 5.86. The maximum Gasteiger partial charge on any atom is 0.243 e. The predicted molar refractivity (Wildman–Crippen MR) is 63.0 cm³/mol. The van der Waals surface area contributed by atoms with Gasteiger partial charge in [0.1, 0.15) is 12.4 Å². The third-order valence-electron chi connectivity index (χ3n) is 1.19. The van der Waals surface area contributed by atoms with Crippen molar-refractivity contribution in [3.8, 4) is 0 Å². The number of aromatic nitrogens is 2. The SMILES string of the molecule is CC[n+]1ccn(C)c1.Cl.Cl.Cl.[AlH3]. The molecular weight excluding hydrogens is 233 g/mol. The van der Waals surface area contributed by atoms with Crippen molar-refractivity contribution >= 4 is 54.6 Å². The Morgan fingerprint density at radius 2 is 1.75 bits per heavy atom. The molecule has 0 radical (unpaired) electrons. The molecule has 12 heavy (non-hydrogen) atoms. The number of aryl methyl sites for hydroxylation is 2. The summed E-state index contributed by atoms with van der Waals surface area (Å²) in [5.74, 6) is 0. The van der Waals surface area contributed by atoms with Crippen molar-refractivity contribution in [3.05, 3.63) is 18.7 Å². The molecule has 0 aliphatic heterocycles. The number of hydrogen-bond acceptors (Lipinski definition) is 0. The molecule has 6 heteroatoms.